The highest BCUT2D eigenvalue weighted by Gasteiger charge is 2.34. The molecule has 0 spiro atoms. The zero-order valence-electron chi connectivity index (χ0n) is 12.6. The van der Waals surface area contributed by atoms with Crippen LogP contribution < -0.4 is 10.9 Å². The Bertz CT molecular complexity index is 795. The molecule has 4 nitrogen and oxygen atoms in total. The molecule has 0 bridgehead atoms. The Morgan fingerprint density at radius 3 is 2.57 bits per heavy atom. The van der Waals surface area contributed by atoms with Crippen LogP contribution in [0.3, 0.4) is 0 Å². The molecule has 7 heteroatoms. The zero-order chi connectivity index (χ0) is 17.2. The minimum atomic E-state index is -4.75. The maximum Gasteiger partial charge on any atom is 0.421 e. The van der Waals surface area contributed by atoms with E-state index in [2.05, 4.69) is 5.32 Å². The van der Waals surface area contributed by atoms with E-state index in [0.717, 1.165) is 28.0 Å². The van der Waals surface area contributed by atoms with Crippen molar-refractivity contribution in [3.63, 3.8) is 0 Å². The van der Waals surface area contributed by atoms with Crippen LogP contribution in [0, 0.1) is 13.8 Å². The second kappa shape index (κ2) is 6.28. The van der Waals surface area contributed by atoms with Crippen molar-refractivity contribution < 1.29 is 18.0 Å². The summed E-state index contributed by atoms with van der Waals surface area (Å²) < 4.78 is 38.8. The number of hydrogen-bond donors (Lipinski definition) is 1. The lowest BCUT2D eigenvalue weighted by Gasteiger charge is -2.12. The number of benzene rings is 1. The van der Waals surface area contributed by atoms with E-state index in [0.29, 0.717) is 11.8 Å². The first-order valence-corrected chi connectivity index (χ1v) is 6.82. The minimum absolute atomic E-state index is 0.490. The largest absolute Gasteiger partial charge is 0.421 e. The lowest BCUT2D eigenvalue weighted by Crippen LogP contribution is -2.32. The van der Waals surface area contributed by atoms with E-state index in [1.165, 1.54) is 0 Å². The van der Waals surface area contributed by atoms with E-state index >= 15 is 0 Å². The van der Waals surface area contributed by atoms with Crippen molar-refractivity contribution in [3.8, 4) is 0 Å². The summed E-state index contributed by atoms with van der Waals surface area (Å²) in [6.45, 7) is 3.16. The van der Waals surface area contributed by atoms with Crippen molar-refractivity contribution in [2.45, 2.75) is 26.6 Å². The Morgan fingerprint density at radius 2 is 1.91 bits per heavy atom. The molecule has 0 fully saturated rings. The van der Waals surface area contributed by atoms with Crippen LogP contribution in [0.1, 0.15) is 16.7 Å². The molecule has 0 saturated heterocycles. The monoisotopic (exact) mass is 324 g/mol. The van der Waals surface area contributed by atoms with Crippen LogP contribution in [0.2, 0.25) is 0 Å². The van der Waals surface area contributed by atoms with Crippen LogP contribution in [0.15, 0.2) is 41.3 Å². The van der Waals surface area contributed by atoms with Gasteiger partial charge in [-0.25, -0.2) is 0 Å². The summed E-state index contributed by atoms with van der Waals surface area (Å²) in [6.07, 6.45) is -3.59. The number of anilines is 1. The number of halogens is 3. The van der Waals surface area contributed by atoms with E-state index in [9.17, 15) is 22.8 Å². The number of rotatable bonds is 3. The Morgan fingerprint density at radius 1 is 1.22 bits per heavy atom. The van der Waals surface area contributed by atoms with Gasteiger partial charge in [0, 0.05) is 11.9 Å². The summed E-state index contributed by atoms with van der Waals surface area (Å²) >= 11 is 0. The fraction of sp³-hybridized carbons (Fsp3) is 0.250. The summed E-state index contributed by atoms with van der Waals surface area (Å²) in [4.78, 5) is 23.8. The molecular weight excluding hydrogens is 309 g/mol. The Balaban J connectivity index is 2.21. The molecule has 1 amide bonds. The van der Waals surface area contributed by atoms with Gasteiger partial charge in [0.05, 0.1) is 0 Å². The van der Waals surface area contributed by atoms with Gasteiger partial charge in [-0.2, -0.15) is 13.2 Å². The number of aromatic nitrogens is 1. The molecule has 23 heavy (non-hydrogen) atoms. The minimum Gasteiger partial charge on any atom is -0.324 e. The average Bonchev–Trinajstić information content (AvgIpc) is 2.44. The van der Waals surface area contributed by atoms with Gasteiger partial charge in [0.1, 0.15) is 12.1 Å². The number of carbonyl (C=O) groups excluding carboxylic acids is 1. The third-order valence-corrected chi connectivity index (χ3v) is 3.31. The van der Waals surface area contributed by atoms with Gasteiger partial charge in [0.2, 0.25) is 5.91 Å². The molecular formula is C16H15F3N2O2. The molecule has 1 aromatic carbocycles. The predicted molar refractivity (Wildman–Crippen MR) is 80.2 cm³/mol. The van der Waals surface area contributed by atoms with E-state index < -0.39 is 29.8 Å². The van der Waals surface area contributed by atoms with Crippen LogP contribution >= 0.6 is 0 Å². The third-order valence-electron chi connectivity index (χ3n) is 3.31. The normalized spacial score (nSPS) is 11.3. The van der Waals surface area contributed by atoms with Gasteiger partial charge < -0.3 is 9.88 Å². The smallest absolute Gasteiger partial charge is 0.324 e. The molecule has 0 atom stereocenters. The summed E-state index contributed by atoms with van der Waals surface area (Å²) in [6, 6.07) is 7.24. The van der Waals surface area contributed by atoms with E-state index in [1.807, 2.05) is 19.1 Å². The van der Waals surface area contributed by atoms with Gasteiger partial charge in [0.25, 0.3) is 5.56 Å². The first-order valence-electron chi connectivity index (χ1n) is 6.82. The second-order valence-electron chi connectivity index (χ2n) is 5.22. The third kappa shape index (κ3) is 4.00. The lowest BCUT2D eigenvalue weighted by atomic mass is 10.1. The van der Waals surface area contributed by atoms with E-state index in [-0.39, 0.29) is 0 Å². The maximum atomic E-state index is 12.7. The molecule has 1 N–H and O–H groups in total. The van der Waals surface area contributed by atoms with Gasteiger partial charge in [-0.05, 0) is 43.2 Å². The number of nitrogens with one attached hydrogen (secondary N) is 1. The lowest BCUT2D eigenvalue weighted by molar-refractivity contribution is -0.139. The Kier molecular flexibility index (Phi) is 4.58. The zero-order valence-corrected chi connectivity index (χ0v) is 12.6. The van der Waals surface area contributed by atoms with Crippen molar-refractivity contribution in [3.05, 3.63) is 63.6 Å². The van der Waals surface area contributed by atoms with Crippen LogP contribution in [0.5, 0.6) is 0 Å². The van der Waals surface area contributed by atoms with E-state index in [1.54, 1.807) is 13.0 Å². The van der Waals surface area contributed by atoms with Gasteiger partial charge in [-0.3, -0.25) is 9.59 Å². The second-order valence-corrected chi connectivity index (χ2v) is 5.22. The van der Waals surface area contributed by atoms with Crippen LogP contribution in [-0.2, 0) is 17.5 Å². The van der Waals surface area contributed by atoms with Gasteiger partial charge in [-0.15, -0.1) is 0 Å². The number of carbonyl (C=O) groups is 1. The molecule has 2 rings (SSSR count). The molecule has 1 aromatic heterocycles. The Hall–Kier alpha value is -2.57. The fourth-order valence-corrected chi connectivity index (χ4v) is 2.09. The van der Waals surface area contributed by atoms with Crippen LogP contribution in [0.25, 0.3) is 0 Å². The standard InChI is InChI=1S/C16H15F3N2O2/c1-10-5-6-11(2)13(8-10)20-14(22)9-21-7-3-4-12(15(21)23)16(17,18)19/h3-8H,9H2,1-2H3,(H,20,22). The number of alkyl halides is 3. The molecule has 0 radical (unpaired) electrons. The number of nitrogens with zero attached hydrogens (tertiary/aromatic N) is 1. The van der Waals surface area contributed by atoms with Crippen LogP contribution in [-0.4, -0.2) is 10.5 Å². The number of aryl methyl sites for hydroxylation is 2. The van der Waals surface area contributed by atoms with Gasteiger partial charge in [0.15, 0.2) is 0 Å². The number of pyridine rings is 1. The molecule has 1 heterocycles. The summed E-state index contributed by atoms with van der Waals surface area (Å²) in [7, 11) is 0. The van der Waals surface area contributed by atoms with Crippen molar-refractivity contribution >= 4 is 11.6 Å². The quantitative estimate of drug-likeness (QED) is 0.943. The maximum absolute atomic E-state index is 12.7. The van der Waals surface area contributed by atoms with Crippen LogP contribution in [0.4, 0.5) is 18.9 Å². The highest BCUT2D eigenvalue weighted by Crippen LogP contribution is 2.26. The summed E-state index contributed by atoms with van der Waals surface area (Å²) in [5.74, 6) is -0.569. The van der Waals surface area contributed by atoms with E-state index in [4.69, 9.17) is 0 Å². The van der Waals surface area contributed by atoms with Crippen molar-refractivity contribution in [2.75, 3.05) is 5.32 Å². The van der Waals surface area contributed by atoms with Gasteiger partial charge in [-0.1, -0.05) is 12.1 Å². The number of hydrogen-bond acceptors (Lipinski definition) is 2. The molecule has 0 aliphatic rings. The van der Waals surface area contributed by atoms with Crippen molar-refractivity contribution in [2.24, 2.45) is 0 Å². The molecule has 122 valence electrons. The topological polar surface area (TPSA) is 51.1 Å². The SMILES string of the molecule is Cc1ccc(C)c(NC(=O)Cn2cccc(C(F)(F)F)c2=O)c1. The van der Waals surface area contributed by atoms with Crippen molar-refractivity contribution in [1.82, 2.24) is 4.57 Å². The first kappa shape index (κ1) is 16.8. The molecule has 0 aliphatic heterocycles. The van der Waals surface area contributed by atoms with Crippen molar-refractivity contribution in [1.29, 1.82) is 0 Å². The molecule has 0 saturated carbocycles. The average molecular weight is 324 g/mol. The molecule has 0 unspecified atom stereocenters. The Labute approximate surface area is 130 Å². The first-order chi connectivity index (χ1) is 10.7. The fourth-order valence-electron chi connectivity index (χ4n) is 2.09. The van der Waals surface area contributed by atoms with Gasteiger partial charge >= 0.3 is 6.18 Å². The highest BCUT2D eigenvalue weighted by atomic mass is 19.4. The molecule has 2 aromatic rings. The summed E-state index contributed by atoms with van der Waals surface area (Å²) in [5.41, 5.74) is -0.215. The predicted octanol–water partition coefficient (Wildman–Crippen LogP) is 3.12. The summed E-state index contributed by atoms with van der Waals surface area (Å²) in [5, 5.41) is 2.61. The number of amides is 1. The molecule has 0 aliphatic carbocycles. The highest BCUT2D eigenvalue weighted by molar-refractivity contribution is 5.91.